The molecule has 0 aliphatic heterocycles. The minimum absolute atomic E-state index is 0.158. The van der Waals surface area contributed by atoms with Crippen LogP contribution in [0, 0.1) is 0 Å². The number of nitrogens with two attached hydrogens (primary N) is 1. The van der Waals surface area contributed by atoms with E-state index >= 15 is 0 Å². The average Bonchev–Trinajstić information content (AvgIpc) is 2.76. The van der Waals surface area contributed by atoms with Crippen molar-refractivity contribution in [3.8, 4) is 5.75 Å². The number of rotatable bonds is 3. The number of aryl methyl sites for hydroxylation is 1. The Morgan fingerprint density at radius 3 is 2.82 bits per heavy atom. The van der Waals surface area contributed by atoms with Gasteiger partial charge >= 0.3 is 0 Å². The van der Waals surface area contributed by atoms with Crippen LogP contribution in [0.3, 0.4) is 0 Å². The second-order valence-corrected chi connectivity index (χ2v) is 3.68. The number of ketones is 1. The highest BCUT2D eigenvalue weighted by Crippen LogP contribution is 2.22. The molecule has 2 N–H and O–H groups in total. The van der Waals surface area contributed by atoms with E-state index in [4.69, 9.17) is 10.5 Å². The molecule has 1 aromatic carbocycles. The van der Waals surface area contributed by atoms with E-state index in [-0.39, 0.29) is 5.78 Å². The number of nitrogens with zero attached hydrogens (tertiary/aromatic N) is 2. The fourth-order valence-electron chi connectivity index (χ4n) is 1.55. The van der Waals surface area contributed by atoms with Gasteiger partial charge in [-0.2, -0.15) is 5.10 Å². The number of ether oxygens (including phenoxy) is 1. The molecule has 1 heterocycles. The summed E-state index contributed by atoms with van der Waals surface area (Å²) in [4.78, 5) is 12.2. The predicted molar refractivity (Wildman–Crippen MR) is 64.0 cm³/mol. The van der Waals surface area contributed by atoms with Crippen LogP contribution in [0.1, 0.15) is 15.9 Å². The molecule has 5 heteroatoms. The van der Waals surface area contributed by atoms with Gasteiger partial charge in [0.05, 0.1) is 18.9 Å². The molecule has 0 aliphatic carbocycles. The van der Waals surface area contributed by atoms with Crippen LogP contribution in [0.5, 0.6) is 5.75 Å². The van der Waals surface area contributed by atoms with Crippen LogP contribution < -0.4 is 10.5 Å². The minimum Gasteiger partial charge on any atom is -0.497 e. The quantitative estimate of drug-likeness (QED) is 0.637. The zero-order chi connectivity index (χ0) is 12.4. The van der Waals surface area contributed by atoms with Crippen molar-refractivity contribution in [3.05, 3.63) is 41.7 Å². The molecule has 0 amide bonds. The first-order valence-corrected chi connectivity index (χ1v) is 5.08. The van der Waals surface area contributed by atoms with Gasteiger partial charge in [-0.25, -0.2) is 0 Å². The normalized spacial score (nSPS) is 10.2. The Bertz CT molecular complexity index is 561. The maximum Gasteiger partial charge on any atom is 0.198 e. The van der Waals surface area contributed by atoms with E-state index in [9.17, 15) is 4.79 Å². The second-order valence-electron chi connectivity index (χ2n) is 3.68. The standard InChI is InChI=1S/C12H13N3O2/c1-15-7-8(6-14-15)12(16)10-5-9(17-2)3-4-11(10)13/h3-7H,13H2,1-2H3. The van der Waals surface area contributed by atoms with Crippen LogP contribution in [0.15, 0.2) is 30.6 Å². The molecule has 0 unspecified atom stereocenters. The van der Waals surface area contributed by atoms with Crippen molar-refractivity contribution in [3.63, 3.8) is 0 Å². The highest BCUT2D eigenvalue weighted by molar-refractivity contribution is 6.12. The molecule has 0 fully saturated rings. The maximum absolute atomic E-state index is 12.2. The second kappa shape index (κ2) is 4.29. The smallest absolute Gasteiger partial charge is 0.198 e. The fraction of sp³-hybridized carbons (Fsp3) is 0.167. The Morgan fingerprint density at radius 2 is 2.24 bits per heavy atom. The number of carbonyl (C=O) groups excluding carboxylic acids is 1. The SMILES string of the molecule is COc1ccc(N)c(C(=O)c2cnn(C)c2)c1. The van der Waals surface area contributed by atoms with Gasteiger partial charge in [-0.3, -0.25) is 9.48 Å². The first kappa shape index (κ1) is 11.2. The van der Waals surface area contributed by atoms with E-state index in [2.05, 4.69) is 5.10 Å². The topological polar surface area (TPSA) is 70.1 Å². The van der Waals surface area contributed by atoms with Crippen LogP contribution >= 0.6 is 0 Å². The van der Waals surface area contributed by atoms with Crippen molar-refractivity contribution >= 4 is 11.5 Å². The van der Waals surface area contributed by atoms with Crippen LogP contribution in [0.25, 0.3) is 0 Å². The third-order valence-corrected chi connectivity index (χ3v) is 2.47. The van der Waals surface area contributed by atoms with Gasteiger partial charge in [-0.05, 0) is 18.2 Å². The van der Waals surface area contributed by atoms with E-state index in [1.54, 1.807) is 43.2 Å². The van der Waals surface area contributed by atoms with Crippen molar-refractivity contribution in [2.45, 2.75) is 0 Å². The highest BCUT2D eigenvalue weighted by Gasteiger charge is 2.14. The van der Waals surface area contributed by atoms with Crippen LogP contribution in [0.2, 0.25) is 0 Å². The summed E-state index contributed by atoms with van der Waals surface area (Å²) >= 11 is 0. The summed E-state index contributed by atoms with van der Waals surface area (Å²) in [6.07, 6.45) is 3.17. The number of anilines is 1. The van der Waals surface area contributed by atoms with Crippen molar-refractivity contribution in [2.24, 2.45) is 7.05 Å². The van der Waals surface area contributed by atoms with Gasteiger partial charge in [0.2, 0.25) is 0 Å². The van der Waals surface area contributed by atoms with Crippen molar-refractivity contribution in [2.75, 3.05) is 12.8 Å². The van der Waals surface area contributed by atoms with Crippen molar-refractivity contribution < 1.29 is 9.53 Å². The summed E-state index contributed by atoms with van der Waals surface area (Å²) in [5, 5.41) is 3.96. The molecule has 0 spiro atoms. The number of benzene rings is 1. The summed E-state index contributed by atoms with van der Waals surface area (Å²) in [5.74, 6) is 0.445. The Balaban J connectivity index is 2.43. The van der Waals surface area contributed by atoms with Gasteiger partial charge in [-0.15, -0.1) is 0 Å². The molecule has 0 radical (unpaired) electrons. The average molecular weight is 231 g/mol. The minimum atomic E-state index is -0.158. The zero-order valence-electron chi connectivity index (χ0n) is 9.68. The Kier molecular flexibility index (Phi) is 2.82. The molecule has 2 aromatic rings. The molecular formula is C12H13N3O2. The maximum atomic E-state index is 12.2. The summed E-state index contributed by atoms with van der Waals surface area (Å²) in [6.45, 7) is 0. The Morgan fingerprint density at radius 1 is 1.47 bits per heavy atom. The number of hydrogen-bond donors (Lipinski definition) is 1. The van der Waals surface area contributed by atoms with E-state index < -0.39 is 0 Å². The third kappa shape index (κ3) is 2.13. The Labute approximate surface area is 98.8 Å². The Hall–Kier alpha value is -2.30. The molecule has 2 rings (SSSR count). The lowest BCUT2D eigenvalue weighted by Crippen LogP contribution is -2.05. The van der Waals surface area contributed by atoms with Gasteiger partial charge in [0.25, 0.3) is 0 Å². The van der Waals surface area contributed by atoms with Gasteiger partial charge in [-0.1, -0.05) is 0 Å². The number of carbonyl (C=O) groups is 1. The van der Waals surface area contributed by atoms with Crippen molar-refractivity contribution in [1.82, 2.24) is 9.78 Å². The fourth-order valence-corrected chi connectivity index (χ4v) is 1.55. The summed E-state index contributed by atoms with van der Waals surface area (Å²) in [7, 11) is 3.30. The van der Waals surface area contributed by atoms with Crippen LogP contribution in [-0.2, 0) is 7.05 Å². The lowest BCUT2D eigenvalue weighted by atomic mass is 10.0. The van der Waals surface area contributed by atoms with Crippen LogP contribution in [-0.4, -0.2) is 22.7 Å². The van der Waals surface area contributed by atoms with Gasteiger partial charge in [0.1, 0.15) is 5.75 Å². The third-order valence-electron chi connectivity index (χ3n) is 2.47. The number of aromatic nitrogens is 2. The molecule has 0 atom stereocenters. The number of methoxy groups -OCH3 is 1. The molecule has 0 saturated carbocycles. The number of nitrogen functional groups attached to an aromatic ring is 1. The molecule has 5 nitrogen and oxygen atoms in total. The highest BCUT2D eigenvalue weighted by atomic mass is 16.5. The molecule has 0 aliphatic rings. The summed E-state index contributed by atoms with van der Waals surface area (Å²) < 4.78 is 6.65. The first-order valence-electron chi connectivity index (χ1n) is 5.08. The molecule has 1 aromatic heterocycles. The lowest BCUT2D eigenvalue weighted by molar-refractivity contribution is 0.103. The molecule has 17 heavy (non-hydrogen) atoms. The largest absolute Gasteiger partial charge is 0.497 e. The molecule has 88 valence electrons. The molecular weight excluding hydrogens is 218 g/mol. The van der Waals surface area contributed by atoms with E-state index in [1.807, 2.05) is 0 Å². The summed E-state index contributed by atoms with van der Waals surface area (Å²) in [5.41, 5.74) is 7.15. The number of hydrogen-bond acceptors (Lipinski definition) is 4. The van der Waals surface area contributed by atoms with Gasteiger partial charge in [0.15, 0.2) is 5.78 Å². The van der Waals surface area contributed by atoms with Crippen LogP contribution in [0.4, 0.5) is 5.69 Å². The predicted octanol–water partition coefficient (Wildman–Crippen LogP) is 1.24. The first-order chi connectivity index (χ1) is 8.11. The van der Waals surface area contributed by atoms with E-state index in [0.29, 0.717) is 22.6 Å². The monoisotopic (exact) mass is 231 g/mol. The summed E-state index contributed by atoms with van der Waals surface area (Å²) in [6, 6.07) is 5.00. The molecule has 0 saturated heterocycles. The zero-order valence-corrected chi connectivity index (χ0v) is 9.68. The van der Waals surface area contributed by atoms with Gasteiger partial charge < -0.3 is 10.5 Å². The lowest BCUT2D eigenvalue weighted by Gasteiger charge is -2.06. The van der Waals surface area contributed by atoms with E-state index in [1.165, 1.54) is 6.20 Å². The van der Waals surface area contributed by atoms with Gasteiger partial charge in [0, 0.05) is 24.5 Å². The van der Waals surface area contributed by atoms with Crippen molar-refractivity contribution in [1.29, 1.82) is 0 Å². The van der Waals surface area contributed by atoms with E-state index in [0.717, 1.165) is 0 Å². The molecule has 0 bridgehead atoms.